The lowest BCUT2D eigenvalue weighted by Crippen LogP contribution is -2.27. The minimum atomic E-state index is -0.611. The van der Waals surface area contributed by atoms with E-state index in [1.165, 1.54) is 4.57 Å². The lowest BCUT2D eigenvalue weighted by atomic mass is 10.2. The number of nitrogens with zero attached hydrogens (tertiary/aromatic N) is 2. The minimum absolute atomic E-state index is 0.0620. The summed E-state index contributed by atoms with van der Waals surface area (Å²) in [6, 6.07) is 0. The molecule has 3 heterocycles. The van der Waals surface area contributed by atoms with Crippen molar-refractivity contribution in [2.45, 2.75) is 24.9 Å². The molecule has 10 nitrogen and oxygen atoms in total. The maximum atomic E-state index is 12.2. The van der Waals surface area contributed by atoms with Crippen LogP contribution in [0.25, 0.3) is 11.2 Å². The van der Waals surface area contributed by atoms with E-state index in [9.17, 15) is 9.59 Å². The second-order valence-electron chi connectivity index (χ2n) is 5.04. The zero-order chi connectivity index (χ0) is 15.9. The van der Waals surface area contributed by atoms with Crippen LogP contribution in [-0.2, 0) is 14.2 Å². The summed E-state index contributed by atoms with van der Waals surface area (Å²) in [7, 11) is 3.13. The van der Waals surface area contributed by atoms with E-state index >= 15 is 0 Å². The van der Waals surface area contributed by atoms with Crippen LogP contribution >= 0.6 is 0 Å². The monoisotopic (exact) mass is 311 g/mol. The average Bonchev–Trinajstić information content (AvgIpc) is 3.00. The molecule has 22 heavy (non-hydrogen) atoms. The predicted octanol–water partition coefficient (Wildman–Crippen LogP) is -1.06. The first-order valence-corrected chi connectivity index (χ1v) is 6.72. The maximum Gasteiger partial charge on any atom is 0.329 e. The van der Waals surface area contributed by atoms with Crippen molar-refractivity contribution < 1.29 is 14.2 Å². The Hall–Kier alpha value is -2.17. The molecule has 3 unspecified atom stereocenters. The molecule has 0 bridgehead atoms. The lowest BCUT2D eigenvalue weighted by molar-refractivity contribution is -0.0604. The molecule has 1 fully saturated rings. The second-order valence-corrected chi connectivity index (χ2v) is 5.04. The number of nitrogens with one attached hydrogen (secondary N) is 2. The third kappa shape index (κ3) is 2.30. The van der Waals surface area contributed by atoms with Gasteiger partial charge in [0.25, 0.3) is 5.56 Å². The van der Waals surface area contributed by atoms with Crippen LogP contribution < -0.4 is 17.0 Å². The fourth-order valence-corrected chi connectivity index (χ4v) is 2.72. The molecular weight excluding hydrogens is 294 g/mol. The van der Waals surface area contributed by atoms with E-state index in [0.717, 1.165) is 0 Å². The Morgan fingerprint density at radius 1 is 1.41 bits per heavy atom. The van der Waals surface area contributed by atoms with Crippen LogP contribution in [0.1, 0.15) is 12.6 Å². The van der Waals surface area contributed by atoms with Crippen LogP contribution in [0.5, 0.6) is 0 Å². The highest BCUT2D eigenvalue weighted by atomic mass is 16.6. The van der Waals surface area contributed by atoms with Gasteiger partial charge in [-0.25, -0.2) is 9.36 Å². The Balaban J connectivity index is 2.06. The average molecular weight is 311 g/mol. The first-order valence-electron chi connectivity index (χ1n) is 6.72. The van der Waals surface area contributed by atoms with Crippen LogP contribution in [0.4, 0.5) is 5.95 Å². The number of aromatic nitrogens is 4. The molecule has 0 radical (unpaired) electrons. The van der Waals surface area contributed by atoms with E-state index in [1.54, 1.807) is 14.2 Å². The Morgan fingerprint density at radius 2 is 2.18 bits per heavy atom. The zero-order valence-electron chi connectivity index (χ0n) is 12.2. The number of fused-ring (bicyclic) bond motifs is 1. The highest BCUT2D eigenvalue weighted by Gasteiger charge is 2.38. The van der Waals surface area contributed by atoms with Gasteiger partial charge in [0.2, 0.25) is 5.95 Å². The zero-order valence-corrected chi connectivity index (χ0v) is 12.2. The van der Waals surface area contributed by atoms with E-state index < -0.39 is 17.5 Å². The number of rotatable bonds is 4. The molecule has 0 aromatic carbocycles. The van der Waals surface area contributed by atoms with E-state index in [1.807, 2.05) is 0 Å². The predicted molar refractivity (Wildman–Crippen MR) is 76.6 cm³/mol. The Labute approximate surface area is 124 Å². The summed E-state index contributed by atoms with van der Waals surface area (Å²) >= 11 is 0. The summed E-state index contributed by atoms with van der Waals surface area (Å²) in [5.41, 5.74) is 4.77. The lowest BCUT2D eigenvalue weighted by Gasteiger charge is -2.15. The molecule has 0 amide bonds. The molecule has 1 aliphatic heterocycles. The van der Waals surface area contributed by atoms with Crippen molar-refractivity contribution in [2.75, 3.05) is 26.6 Å². The van der Waals surface area contributed by atoms with Gasteiger partial charge in [-0.2, -0.15) is 4.98 Å². The van der Waals surface area contributed by atoms with Crippen molar-refractivity contribution >= 4 is 17.1 Å². The van der Waals surface area contributed by atoms with Crippen molar-refractivity contribution in [2.24, 2.45) is 0 Å². The van der Waals surface area contributed by atoms with E-state index in [-0.39, 0.29) is 29.3 Å². The number of hydrogen-bond acceptors (Lipinski definition) is 7. The molecule has 1 saturated heterocycles. The molecule has 10 heteroatoms. The van der Waals surface area contributed by atoms with Crippen LogP contribution in [0, 0.1) is 0 Å². The smallest absolute Gasteiger partial charge is 0.329 e. The fourth-order valence-electron chi connectivity index (χ4n) is 2.72. The van der Waals surface area contributed by atoms with Crippen molar-refractivity contribution in [1.82, 2.24) is 19.5 Å². The molecule has 2 aromatic heterocycles. The summed E-state index contributed by atoms with van der Waals surface area (Å²) in [6.45, 7) is 0.336. The van der Waals surface area contributed by atoms with Crippen molar-refractivity contribution in [3.63, 3.8) is 0 Å². The van der Waals surface area contributed by atoms with E-state index in [4.69, 9.17) is 19.9 Å². The van der Waals surface area contributed by atoms with Crippen LogP contribution in [0.2, 0.25) is 0 Å². The Kier molecular flexibility index (Phi) is 3.72. The van der Waals surface area contributed by atoms with Gasteiger partial charge >= 0.3 is 5.69 Å². The van der Waals surface area contributed by atoms with Gasteiger partial charge in [0.1, 0.15) is 12.3 Å². The van der Waals surface area contributed by atoms with Gasteiger partial charge in [0, 0.05) is 20.6 Å². The number of ether oxygens (including phenoxy) is 3. The molecule has 120 valence electrons. The standard InChI is InChI=1S/C12H17N5O5/c1-20-4-6-5(21-2)3-7(22-6)17-9-8(14-12(17)19)10(18)16-11(13)15-9/h5-7H,3-4H2,1-2H3,(H,14,19)(H3,13,15,16,18). The normalized spacial score (nSPS) is 25.1. The number of H-pyrrole nitrogens is 2. The third-order valence-corrected chi connectivity index (χ3v) is 3.70. The van der Waals surface area contributed by atoms with Gasteiger partial charge in [0.05, 0.1) is 12.7 Å². The Bertz CT molecular complexity index is 793. The Morgan fingerprint density at radius 3 is 2.86 bits per heavy atom. The first-order chi connectivity index (χ1) is 10.5. The minimum Gasteiger partial charge on any atom is -0.382 e. The second kappa shape index (κ2) is 5.55. The van der Waals surface area contributed by atoms with Crippen molar-refractivity contribution in [3.8, 4) is 0 Å². The molecule has 3 atom stereocenters. The largest absolute Gasteiger partial charge is 0.382 e. The van der Waals surface area contributed by atoms with Crippen LogP contribution in [-0.4, -0.2) is 52.6 Å². The van der Waals surface area contributed by atoms with Gasteiger partial charge in [0.15, 0.2) is 11.2 Å². The highest BCUT2D eigenvalue weighted by molar-refractivity contribution is 5.70. The van der Waals surface area contributed by atoms with Crippen molar-refractivity contribution in [1.29, 1.82) is 0 Å². The number of nitrogens with two attached hydrogens (primary N) is 1. The van der Waals surface area contributed by atoms with E-state index in [0.29, 0.717) is 13.0 Å². The number of anilines is 1. The summed E-state index contributed by atoms with van der Waals surface area (Å²) in [6.07, 6.45) is -0.705. The number of hydrogen-bond donors (Lipinski definition) is 3. The molecule has 0 spiro atoms. The number of aromatic amines is 2. The number of nitrogen functional groups attached to an aromatic ring is 1. The summed E-state index contributed by atoms with van der Waals surface area (Å²) in [4.78, 5) is 32.8. The molecule has 3 rings (SSSR count). The first kappa shape index (κ1) is 14.8. The van der Waals surface area contributed by atoms with Gasteiger partial charge in [-0.15, -0.1) is 0 Å². The van der Waals surface area contributed by atoms with Gasteiger partial charge in [-0.05, 0) is 0 Å². The van der Waals surface area contributed by atoms with Gasteiger partial charge in [-0.3, -0.25) is 14.8 Å². The van der Waals surface area contributed by atoms with Crippen LogP contribution in [0.3, 0.4) is 0 Å². The number of methoxy groups -OCH3 is 2. The van der Waals surface area contributed by atoms with E-state index in [2.05, 4.69) is 15.0 Å². The summed E-state index contributed by atoms with van der Waals surface area (Å²) in [5.74, 6) is -0.0695. The highest BCUT2D eigenvalue weighted by Crippen LogP contribution is 2.31. The summed E-state index contributed by atoms with van der Waals surface area (Å²) < 4.78 is 17.5. The molecule has 4 N–H and O–H groups in total. The number of imidazole rings is 1. The SMILES string of the molecule is COCC1OC(n2c(=O)[nH]c3c(=O)[nH]c(N)nc32)CC1OC. The summed E-state index contributed by atoms with van der Waals surface area (Å²) in [5, 5.41) is 0. The maximum absolute atomic E-state index is 12.2. The fraction of sp³-hybridized carbons (Fsp3) is 0.583. The molecule has 0 aliphatic carbocycles. The van der Waals surface area contributed by atoms with Gasteiger partial charge in [-0.1, -0.05) is 0 Å². The molecule has 2 aromatic rings. The van der Waals surface area contributed by atoms with Crippen LogP contribution in [0.15, 0.2) is 9.59 Å². The third-order valence-electron chi connectivity index (χ3n) is 3.70. The van der Waals surface area contributed by atoms with Gasteiger partial charge < -0.3 is 19.9 Å². The molecule has 1 aliphatic rings. The molecular formula is C12H17N5O5. The topological polar surface area (TPSA) is 137 Å². The van der Waals surface area contributed by atoms with Crippen molar-refractivity contribution in [3.05, 3.63) is 20.8 Å². The molecule has 0 saturated carbocycles. The quantitative estimate of drug-likeness (QED) is 0.654.